The average molecular weight is 355 g/mol. The maximum absolute atomic E-state index is 12.7. The smallest absolute Gasteiger partial charge is 0.223 e. The van der Waals surface area contributed by atoms with Gasteiger partial charge in [-0.15, -0.1) is 12.4 Å². The van der Waals surface area contributed by atoms with Crippen LogP contribution in [0.2, 0.25) is 0 Å². The first kappa shape index (κ1) is 20.8. The fourth-order valence-electron chi connectivity index (χ4n) is 3.23. The quantitative estimate of drug-likeness (QED) is 0.781. The highest BCUT2D eigenvalue weighted by molar-refractivity contribution is 5.85. The monoisotopic (exact) mass is 354 g/mol. The molecule has 1 fully saturated rings. The molecule has 24 heavy (non-hydrogen) atoms. The largest absolute Gasteiger partial charge is 0.497 e. The van der Waals surface area contributed by atoms with Crippen LogP contribution in [-0.4, -0.2) is 25.6 Å². The van der Waals surface area contributed by atoms with Gasteiger partial charge in [-0.25, -0.2) is 0 Å². The van der Waals surface area contributed by atoms with Crippen LogP contribution in [0.3, 0.4) is 0 Å². The van der Waals surface area contributed by atoms with Crippen molar-refractivity contribution in [2.75, 3.05) is 13.7 Å². The number of methoxy groups -OCH3 is 1. The molecule has 136 valence electrons. The Hall–Kier alpha value is -1.26. The van der Waals surface area contributed by atoms with Gasteiger partial charge in [0.2, 0.25) is 5.91 Å². The molecule has 2 rings (SSSR count). The Balaban J connectivity index is 0.00000288. The van der Waals surface area contributed by atoms with Gasteiger partial charge >= 0.3 is 0 Å². The molecule has 2 N–H and O–H groups in total. The van der Waals surface area contributed by atoms with Crippen LogP contribution in [0.1, 0.15) is 57.6 Å². The average Bonchev–Trinajstić information content (AvgIpc) is 2.58. The summed E-state index contributed by atoms with van der Waals surface area (Å²) in [6.45, 7) is 5.26. The van der Waals surface area contributed by atoms with Crippen LogP contribution in [-0.2, 0) is 4.79 Å². The molecular weight excluding hydrogens is 324 g/mol. The number of unbranched alkanes of at least 4 members (excludes halogenated alkanes) is 1. The summed E-state index contributed by atoms with van der Waals surface area (Å²) < 4.78 is 5.22. The van der Waals surface area contributed by atoms with Crippen LogP contribution >= 0.6 is 12.4 Å². The molecule has 1 amide bonds. The Morgan fingerprint density at radius 2 is 2.08 bits per heavy atom. The lowest BCUT2D eigenvalue weighted by atomic mass is 9.91. The molecule has 1 aromatic rings. The first-order valence-corrected chi connectivity index (χ1v) is 8.81. The summed E-state index contributed by atoms with van der Waals surface area (Å²) in [5.41, 5.74) is 1.16. The Bertz CT molecular complexity index is 493. The van der Waals surface area contributed by atoms with Crippen LogP contribution in [0, 0.1) is 5.92 Å². The molecule has 0 saturated carbocycles. The first-order chi connectivity index (χ1) is 11.1. The molecule has 0 bridgehead atoms. The van der Waals surface area contributed by atoms with E-state index >= 15 is 0 Å². The number of benzene rings is 1. The van der Waals surface area contributed by atoms with Crippen molar-refractivity contribution in [1.29, 1.82) is 0 Å². The number of hydrogen-bond donors (Lipinski definition) is 2. The van der Waals surface area contributed by atoms with Gasteiger partial charge in [0, 0.05) is 12.0 Å². The molecule has 1 aliphatic heterocycles. The standard InChI is InChI=1S/C19H30N2O2.ClH/c1-4-5-6-18(15-7-9-17(23-3)10-8-15)21-19(22)16-11-12-20-14(2)13-16;/h7-10,14,16,18,20H,4-6,11-13H2,1-3H3,(H,21,22);1H/t14-,16-,18?;/m0./s1. The highest BCUT2D eigenvalue weighted by atomic mass is 35.5. The zero-order chi connectivity index (χ0) is 16.7. The first-order valence-electron chi connectivity index (χ1n) is 8.81. The van der Waals surface area contributed by atoms with Crippen molar-refractivity contribution >= 4 is 18.3 Å². The number of carbonyl (C=O) groups is 1. The van der Waals surface area contributed by atoms with Crippen LogP contribution in [0.5, 0.6) is 5.75 Å². The van der Waals surface area contributed by atoms with E-state index in [4.69, 9.17) is 4.74 Å². The molecule has 1 aromatic carbocycles. The van der Waals surface area contributed by atoms with Crippen molar-refractivity contribution in [3.05, 3.63) is 29.8 Å². The zero-order valence-electron chi connectivity index (χ0n) is 15.0. The lowest BCUT2D eigenvalue weighted by Crippen LogP contribution is -2.43. The molecule has 4 nitrogen and oxygen atoms in total. The molecule has 1 aliphatic rings. The maximum Gasteiger partial charge on any atom is 0.223 e. The van der Waals surface area contributed by atoms with Crippen molar-refractivity contribution in [2.24, 2.45) is 5.92 Å². The van der Waals surface area contributed by atoms with Crippen molar-refractivity contribution < 1.29 is 9.53 Å². The summed E-state index contributed by atoms with van der Waals surface area (Å²) in [4.78, 5) is 12.7. The molecule has 1 saturated heterocycles. The molecule has 0 radical (unpaired) electrons. The highest BCUT2D eigenvalue weighted by Crippen LogP contribution is 2.24. The lowest BCUT2D eigenvalue weighted by Gasteiger charge is -2.29. The van der Waals surface area contributed by atoms with Gasteiger partial charge in [-0.2, -0.15) is 0 Å². The lowest BCUT2D eigenvalue weighted by molar-refractivity contribution is -0.126. The van der Waals surface area contributed by atoms with E-state index < -0.39 is 0 Å². The number of carbonyl (C=O) groups excluding carboxylic acids is 1. The van der Waals surface area contributed by atoms with E-state index in [1.165, 1.54) is 0 Å². The van der Waals surface area contributed by atoms with Crippen molar-refractivity contribution in [2.45, 2.75) is 58.0 Å². The Morgan fingerprint density at radius 1 is 1.38 bits per heavy atom. The highest BCUT2D eigenvalue weighted by Gasteiger charge is 2.26. The van der Waals surface area contributed by atoms with E-state index in [-0.39, 0.29) is 30.3 Å². The molecular formula is C19H31ClN2O2. The Kier molecular flexibility index (Phi) is 9.16. The van der Waals surface area contributed by atoms with E-state index in [1.54, 1.807) is 7.11 Å². The zero-order valence-corrected chi connectivity index (χ0v) is 15.8. The van der Waals surface area contributed by atoms with Gasteiger partial charge in [-0.3, -0.25) is 4.79 Å². The van der Waals surface area contributed by atoms with Gasteiger partial charge in [-0.05, 0) is 50.4 Å². The van der Waals surface area contributed by atoms with E-state index in [1.807, 2.05) is 12.1 Å². The number of hydrogen-bond acceptors (Lipinski definition) is 3. The third kappa shape index (κ3) is 5.99. The molecule has 1 heterocycles. The second kappa shape index (κ2) is 10.6. The van der Waals surface area contributed by atoms with Gasteiger partial charge in [-0.1, -0.05) is 31.9 Å². The predicted molar refractivity (Wildman–Crippen MR) is 101 cm³/mol. The minimum Gasteiger partial charge on any atom is -0.497 e. The van der Waals surface area contributed by atoms with Crippen molar-refractivity contribution in [3.63, 3.8) is 0 Å². The fourth-order valence-corrected chi connectivity index (χ4v) is 3.23. The predicted octanol–water partition coefficient (Wildman–Crippen LogP) is 3.85. The van der Waals surface area contributed by atoms with Gasteiger partial charge < -0.3 is 15.4 Å². The Morgan fingerprint density at radius 3 is 2.67 bits per heavy atom. The topological polar surface area (TPSA) is 50.4 Å². The number of rotatable bonds is 7. The summed E-state index contributed by atoms with van der Waals surface area (Å²) >= 11 is 0. The van der Waals surface area contributed by atoms with Crippen LogP contribution < -0.4 is 15.4 Å². The molecule has 3 atom stereocenters. The van der Waals surface area contributed by atoms with E-state index in [0.717, 1.165) is 50.0 Å². The van der Waals surface area contributed by atoms with Crippen LogP contribution in [0.25, 0.3) is 0 Å². The third-order valence-electron chi connectivity index (χ3n) is 4.68. The minimum absolute atomic E-state index is 0. The normalized spacial score (nSPS) is 21.5. The fraction of sp³-hybridized carbons (Fsp3) is 0.632. The van der Waals surface area contributed by atoms with Gasteiger partial charge in [0.1, 0.15) is 5.75 Å². The van der Waals surface area contributed by atoms with Crippen LogP contribution in [0.15, 0.2) is 24.3 Å². The van der Waals surface area contributed by atoms with E-state index in [9.17, 15) is 4.79 Å². The second-order valence-electron chi connectivity index (χ2n) is 6.55. The number of amides is 1. The number of halogens is 1. The summed E-state index contributed by atoms with van der Waals surface area (Å²) in [6.07, 6.45) is 5.08. The summed E-state index contributed by atoms with van der Waals surface area (Å²) in [6, 6.07) is 8.57. The molecule has 0 spiro atoms. The summed E-state index contributed by atoms with van der Waals surface area (Å²) in [5.74, 6) is 1.19. The number of piperidine rings is 1. The third-order valence-corrected chi connectivity index (χ3v) is 4.68. The van der Waals surface area contributed by atoms with Crippen LogP contribution in [0.4, 0.5) is 0 Å². The summed E-state index contributed by atoms with van der Waals surface area (Å²) in [5, 5.41) is 6.69. The SMILES string of the molecule is CCCCC(NC(=O)[C@H]1CCN[C@@H](C)C1)c1ccc(OC)cc1.Cl. The second-order valence-corrected chi connectivity index (χ2v) is 6.55. The number of nitrogens with one attached hydrogen (secondary N) is 2. The molecule has 5 heteroatoms. The molecule has 1 unspecified atom stereocenters. The maximum atomic E-state index is 12.7. The van der Waals surface area contributed by atoms with Gasteiger partial charge in [0.05, 0.1) is 13.2 Å². The molecule has 0 aliphatic carbocycles. The van der Waals surface area contributed by atoms with E-state index in [2.05, 4.69) is 36.6 Å². The summed E-state index contributed by atoms with van der Waals surface area (Å²) in [7, 11) is 1.67. The van der Waals surface area contributed by atoms with E-state index in [0.29, 0.717) is 6.04 Å². The Labute approximate surface area is 152 Å². The van der Waals surface area contributed by atoms with Gasteiger partial charge in [0.15, 0.2) is 0 Å². The van der Waals surface area contributed by atoms with Crippen molar-refractivity contribution in [3.8, 4) is 5.75 Å². The van der Waals surface area contributed by atoms with Crippen molar-refractivity contribution in [1.82, 2.24) is 10.6 Å². The number of ether oxygens (including phenoxy) is 1. The van der Waals surface area contributed by atoms with Gasteiger partial charge in [0.25, 0.3) is 0 Å². The minimum atomic E-state index is 0. The molecule has 0 aromatic heterocycles.